The Kier molecular flexibility index (Phi) is 2.52. The molecule has 1 atom stereocenters. The second-order valence-electron chi connectivity index (χ2n) is 5.11. The third kappa shape index (κ3) is 1.63. The number of nitrogens with zero attached hydrogens (tertiary/aromatic N) is 4. The maximum absolute atomic E-state index is 11.5. The standard InChI is InChI=1S/C14H12N6O2/c1-8-12(9-4-2-3-5-10(9)18-8)13-11(20(21)22)6-15-14-16-7-17-19(13)14/h2-7,13,18H,1H3,(H,15,16,17). The van der Waals surface area contributed by atoms with E-state index in [1.165, 1.54) is 12.5 Å². The highest BCUT2D eigenvalue weighted by atomic mass is 16.6. The Hall–Kier alpha value is -3.16. The van der Waals surface area contributed by atoms with Gasteiger partial charge in [0.15, 0.2) is 6.04 Å². The SMILES string of the molecule is Cc1[nH]c2ccccc2c1C1C([N+](=O)[O-])=CNc2ncnn21. The van der Waals surface area contributed by atoms with Crippen LogP contribution in [0.3, 0.4) is 0 Å². The molecule has 0 spiro atoms. The number of hydrogen-bond donors (Lipinski definition) is 2. The number of nitrogens with one attached hydrogen (secondary N) is 2. The second-order valence-corrected chi connectivity index (χ2v) is 5.11. The van der Waals surface area contributed by atoms with Gasteiger partial charge < -0.3 is 10.3 Å². The molecule has 0 amide bonds. The summed E-state index contributed by atoms with van der Waals surface area (Å²) in [6.45, 7) is 1.91. The van der Waals surface area contributed by atoms with Crippen LogP contribution in [0, 0.1) is 17.0 Å². The molecule has 0 fully saturated rings. The van der Waals surface area contributed by atoms with E-state index in [9.17, 15) is 10.1 Å². The van der Waals surface area contributed by atoms with Gasteiger partial charge in [-0.15, -0.1) is 0 Å². The van der Waals surface area contributed by atoms with E-state index in [1.807, 2.05) is 31.2 Å². The Morgan fingerprint density at radius 3 is 3.00 bits per heavy atom. The first-order valence-electron chi connectivity index (χ1n) is 6.74. The van der Waals surface area contributed by atoms with Gasteiger partial charge in [0.2, 0.25) is 5.95 Å². The molecule has 1 unspecified atom stereocenters. The van der Waals surface area contributed by atoms with Crippen LogP contribution in [0.15, 0.2) is 42.5 Å². The number of hydrogen-bond acceptors (Lipinski definition) is 5. The number of aromatic amines is 1. The molecule has 0 bridgehead atoms. The molecule has 0 saturated heterocycles. The molecule has 0 saturated carbocycles. The average molecular weight is 296 g/mol. The van der Waals surface area contributed by atoms with Gasteiger partial charge in [-0.2, -0.15) is 10.1 Å². The summed E-state index contributed by atoms with van der Waals surface area (Å²) in [5, 5.41) is 19.4. The van der Waals surface area contributed by atoms with Crippen molar-refractivity contribution in [2.75, 3.05) is 5.32 Å². The highest BCUT2D eigenvalue weighted by Crippen LogP contribution is 2.37. The molecule has 1 aliphatic heterocycles. The summed E-state index contributed by atoms with van der Waals surface area (Å²) in [6.07, 6.45) is 2.77. The molecule has 22 heavy (non-hydrogen) atoms. The molecule has 3 heterocycles. The molecule has 3 aromatic rings. The highest BCUT2D eigenvalue weighted by Gasteiger charge is 2.37. The maximum Gasteiger partial charge on any atom is 0.291 e. The molecule has 8 heteroatoms. The number of fused-ring (bicyclic) bond motifs is 2. The van der Waals surface area contributed by atoms with Crippen molar-refractivity contribution in [1.82, 2.24) is 19.7 Å². The monoisotopic (exact) mass is 296 g/mol. The third-order valence-electron chi connectivity index (χ3n) is 3.87. The van der Waals surface area contributed by atoms with Crippen molar-refractivity contribution in [3.63, 3.8) is 0 Å². The summed E-state index contributed by atoms with van der Waals surface area (Å²) in [5.74, 6) is 0.486. The number of allylic oxidation sites excluding steroid dienone is 1. The predicted molar refractivity (Wildman–Crippen MR) is 79.9 cm³/mol. The van der Waals surface area contributed by atoms with Gasteiger partial charge in [0.1, 0.15) is 6.33 Å². The minimum Gasteiger partial charge on any atom is -0.358 e. The summed E-state index contributed by atoms with van der Waals surface area (Å²) in [5.41, 5.74) is 2.69. The van der Waals surface area contributed by atoms with Gasteiger partial charge in [0.25, 0.3) is 5.70 Å². The van der Waals surface area contributed by atoms with Crippen LogP contribution >= 0.6 is 0 Å². The van der Waals surface area contributed by atoms with Crippen LogP contribution in [0.2, 0.25) is 0 Å². The number of rotatable bonds is 2. The molecule has 1 aliphatic rings. The lowest BCUT2D eigenvalue weighted by Crippen LogP contribution is -2.26. The van der Waals surface area contributed by atoms with E-state index in [0.29, 0.717) is 5.95 Å². The lowest BCUT2D eigenvalue weighted by Gasteiger charge is -2.21. The van der Waals surface area contributed by atoms with Crippen LogP contribution < -0.4 is 5.32 Å². The zero-order valence-electron chi connectivity index (χ0n) is 11.6. The number of anilines is 1. The normalized spacial score (nSPS) is 17.0. The van der Waals surface area contributed by atoms with Crippen molar-refractivity contribution in [2.24, 2.45) is 0 Å². The summed E-state index contributed by atoms with van der Waals surface area (Å²) >= 11 is 0. The van der Waals surface area contributed by atoms with Crippen molar-refractivity contribution in [2.45, 2.75) is 13.0 Å². The van der Waals surface area contributed by atoms with Gasteiger partial charge in [0, 0.05) is 22.2 Å². The van der Waals surface area contributed by atoms with Crippen LogP contribution in [0.5, 0.6) is 0 Å². The average Bonchev–Trinajstić information content (AvgIpc) is 3.09. The van der Waals surface area contributed by atoms with E-state index >= 15 is 0 Å². The van der Waals surface area contributed by atoms with E-state index < -0.39 is 6.04 Å². The first kappa shape index (κ1) is 12.6. The number of para-hydroxylation sites is 1. The smallest absolute Gasteiger partial charge is 0.291 e. The van der Waals surface area contributed by atoms with Gasteiger partial charge in [0.05, 0.1) is 11.1 Å². The summed E-state index contributed by atoms with van der Waals surface area (Å²) in [4.78, 5) is 18.4. The fourth-order valence-electron chi connectivity index (χ4n) is 2.96. The Balaban J connectivity index is 2.02. The van der Waals surface area contributed by atoms with Gasteiger partial charge >= 0.3 is 0 Å². The van der Waals surface area contributed by atoms with E-state index in [0.717, 1.165) is 22.2 Å². The Bertz CT molecular complexity index is 922. The van der Waals surface area contributed by atoms with Crippen LogP contribution in [-0.2, 0) is 0 Å². The van der Waals surface area contributed by atoms with Gasteiger partial charge in [-0.3, -0.25) is 10.1 Å². The van der Waals surface area contributed by atoms with Crippen molar-refractivity contribution in [3.8, 4) is 0 Å². The van der Waals surface area contributed by atoms with Crippen LogP contribution in [0.25, 0.3) is 10.9 Å². The summed E-state index contributed by atoms with van der Waals surface area (Å²) < 4.78 is 1.54. The zero-order valence-corrected chi connectivity index (χ0v) is 11.6. The van der Waals surface area contributed by atoms with Crippen molar-refractivity contribution in [1.29, 1.82) is 0 Å². The summed E-state index contributed by atoms with van der Waals surface area (Å²) in [7, 11) is 0. The molecule has 4 rings (SSSR count). The third-order valence-corrected chi connectivity index (χ3v) is 3.87. The minimum atomic E-state index is -0.620. The van der Waals surface area contributed by atoms with Crippen molar-refractivity contribution >= 4 is 16.9 Å². The molecular formula is C14H12N6O2. The number of nitro groups is 1. The minimum absolute atomic E-state index is 0.0332. The quantitative estimate of drug-likeness (QED) is 0.557. The number of benzene rings is 1. The molecule has 8 nitrogen and oxygen atoms in total. The van der Waals surface area contributed by atoms with Gasteiger partial charge in [-0.25, -0.2) is 4.68 Å². The lowest BCUT2D eigenvalue weighted by atomic mass is 10.00. The van der Waals surface area contributed by atoms with Gasteiger partial charge in [-0.05, 0) is 13.0 Å². The van der Waals surface area contributed by atoms with Crippen molar-refractivity contribution in [3.05, 3.63) is 63.9 Å². The molecule has 2 N–H and O–H groups in total. The van der Waals surface area contributed by atoms with Gasteiger partial charge in [-0.1, -0.05) is 18.2 Å². The first-order valence-corrected chi connectivity index (χ1v) is 6.74. The molecule has 1 aromatic carbocycles. The molecule has 2 aromatic heterocycles. The molecule has 0 aliphatic carbocycles. The number of aromatic nitrogens is 4. The lowest BCUT2D eigenvalue weighted by molar-refractivity contribution is -0.431. The van der Waals surface area contributed by atoms with E-state index in [2.05, 4.69) is 20.4 Å². The topological polar surface area (TPSA) is 102 Å². The molecule has 110 valence electrons. The predicted octanol–water partition coefficient (Wildman–Crippen LogP) is 2.20. The van der Waals surface area contributed by atoms with Crippen molar-refractivity contribution < 1.29 is 4.92 Å². The van der Waals surface area contributed by atoms with Crippen LogP contribution in [0.4, 0.5) is 5.95 Å². The van der Waals surface area contributed by atoms with E-state index in [-0.39, 0.29) is 10.6 Å². The maximum atomic E-state index is 11.5. The number of aryl methyl sites for hydroxylation is 1. The summed E-state index contributed by atoms with van der Waals surface area (Å²) in [6, 6.07) is 7.12. The molecule has 0 radical (unpaired) electrons. The zero-order chi connectivity index (χ0) is 15.3. The second kappa shape index (κ2) is 4.42. The fraction of sp³-hybridized carbons (Fsp3) is 0.143. The largest absolute Gasteiger partial charge is 0.358 e. The Labute approximate surface area is 124 Å². The Morgan fingerprint density at radius 1 is 1.36 bits per heavy atom. The first-order chi connectivity index (χ1) is 10.7. The fourth-order valence-corrected chi connectivity index (χ4v) is 2.96. The van der Waals surface area contributed by atoms with E-state index in [4.69, 9.17) is 0 Å². The van der Waals surface area contributed by atoms with Crippen LogP contribution in [-0.4, -0.2) is 24.7 Å². The van der Waals surface area contributed by atoms with E-state index in [1.54, 1.807) is 4.68 Å². The Morgan fingerprint density at radius 2 is 2.18 bits per heavy atom. The number of H-pyrrole nitrogens is 1. The highest BCUT2D eigenvalue weighted by molar-refractivity contribution is 5.85. The van der Waals surface area contributed by atoms with Crippen LogP contribution in [0.1, 0.15) is 17.3 Å². The molecular weight excluding hydrogens is 284 g/mol.